The van der Waals surface area contributed by atoms with Gasteiger partial charge in [0.25, 0.3) is 0 Å². The third kappa shape index (κ3) is 4.13. The third-order valence-electron chi connectivity index (χ3n) is 3.90. The van der Waals surface area contributed by atoms with E-state index in [0.717, 1.165) is 21.8 Å². The van der Waals surface area contributed by atoms with Crippen LogP contribution in [0.15, 0.2) is 78.1 Å². The second kappa shape index (κ2) is 7.82. The van der Waals surface area contributed by atoms with E-state index in [0.29, 0.717) is 16.6 Å². The number of hydrogen-bond donors (Lipinski definition) is 1. The van der Waals surface area contributed by atoms with Gasteiger partial charge in [-0.1, -0.05) is 35.9 Å². The van der Waals surface area contributed by atoms with E-state index in [4.69, 9.17) is 11.6 Å². The lowest BCUT2D eigenvalue weighted by atomic mass is 10.1. The maximum atomic E-state index is 12.2. The Morgan fingerprint density at radius 2 is 1.93 bits per heavy atom. The number of rotatable bonds is 5. The minimum Gasteiger partial charge on any atom is -0.325 e. The van der Waals surface area contributed by atoms with Gasteiger partial charge in [0.05, 0.1) is 16.5 Å². The predicted molar refractivity (Wildman–Crippen MR) is 109 cm³/mol. The molecule has 2 heterocycles. The van der Waals surface area contributed by atoms with E-state index in [1.54, 1.807) is 6.20 Å². The molecule has 0 fully saturated rings. The molecule has 27 heavy (non-hydrogen) atoms. The highest BCUT2D eigenvalue weighted by atomic mass is 35.5. The molecule has 4 rings (SSSR count). The summed E-state index contributed by atoms with van der Waals surface area (Å²) >= 11 is 7.52. The van der Waals surface area contributed by atoms with Gasteiger partial charge in [0.1, 0.15) is 0 Å². The van der Waals surface area contributed by atoms with Gasteiger partial charge in [-0.25, -0.2) is 9.97 Å². The van der Waals surface area contributed by atoms with Crippen LogP contribution in [-0.4, -0.2) is 26.0 Å². The topological polar surface area (TPSA) is 59.3 Å². The lowest BCUT2D eigenvalue weighted by Gasteiger charge is -2.07. The van der Waals surface area contributed by atoms with Crippen LogP contribution in [0.25, 0.3) is 17.0 Å². The number of amides is 1. The third-order valence-corrected chi connectivity index (χ3v) is 5.41. The van der Waals surface area contributed by atoms with Crippen molar-refractivity contribution in [3.05, 3.63) is 78.2 Å². The number of benzene rings is 2. The summed E-state index contributed by atoms with van der Waals surface area (Å²) in [6, 6.07) is 16.9. The van der Waals surface area contributed by atoms with Crippen LogP contribution in [0.5, 0.6) is 0 Å². The summed E-state index contributed by atoms with van der Waals surface area (Å²) in [5.41, 5.74) is 2.54. The molecule has 0 saturated carbocycles. The maximum absolute atomic E-state index is 12.2. The van der Waals surface area contributed by atoms with Crippen molar-refractivity contribution in [2.24, 2.45) is 0 Å². The van der Waals surface area contributed by atoms with Gasteiger partial charge in [-0.2, -0.15) is 0 Å². The van der Waals surface area contributed by atoms with E-state index in [-0.39, 0.29) is 5.91 Å². The fraction of sp³-hybridized carbons (Fsp3) is 0.0500. The van der Waals surface area contributed by atoms with Crippen LogP contribution in [0.4, 0.5) is 5.69 Å². The summed E-state index contributed by atoms with van der Waals surface area (Å²) in [5.74, 6) is 0.870. The van der Waals surface area contributed by atoms with Crippen molar-refractivity contribution in [3.63, 3.8) is 0 Å². The van der Waals surface area contributed by atoms with Crippen LogP contribution in [0.1, 0.15) is 0 Å². The van der Waals surface area contributed by atoms with Crippen molar-refractivity contribution in [2.75, 3.05) is 11.1 Å². The van der Waals surface area contributed by atoms with Gasteiger partial charge in [-0.15, -0.1) is 11.8 Å². The molecule has 0 atom stereocenters. The lowest BCUT2D eigenvalue weighted by Crippen LogP contribution is -2.13. The van der Waals surface area contributed by atoms with Crippen molar-refractivity contribution < 1.29 is 4.79 Å². The summed E-state index contributed by atoms with van der Waals surface area (Å²) in [7, 11) is 0. The second-order valence-electron chi connectivity index (χ2n) is 5.80. The van der Waals surface area contributed by atoms with Gasteiger partial charge in [-0.05, 0) is 30.3 Å². The van der Waals surface area contributed by atoms with Crippen LogP contribution in [0.2, 0.25) is 5.02 Å². The number of hydrogen-bond acceptors (Lipinski definition) is 4. The molecule has 0 radical (unpaired) electrons. The lowest BCUT2D eigenvalue weighted by molar-refractivity contribution is -0.113. The normalized spacial score (nSPS) is 10.9. The Kier molecular flexibility index (Phi) is 5.09. The number of nitrogens with zero attached hydrogens (tertiary/aromatic N) is 3. The number of halogens is 1. The van der Waals surface area contributed by atoms with Crippen LogP contribution < -0.4 is 5.32 Å². The highest BCUT2D eigenvalue weighted by molar-refractivity contribution is 8.00. The zero-order valence-electron chi connectivity index (χ0n) is 14.2. The SMILES string of the molecule is O=C(CSc1ccccc1Cl)Nc1ccc(-c2cn3cccnc3n2)cc1. The van der Waals surface area contributed by atoms with Gasteiger partial charge < -0.3 is 5.32 Å². The molecule has 1 N–H and O–H groups in total. The minimum absolute atomic E-state index is 0.0791. The Hall–Kier alpha value is -2.83. The van der Waals surface area contributed by atoms with Crippen molar-refractivity contribution in [2.45, 2.75) is 4.90 Å². The molecule has 5 nitrogen and oxygen atoms in total. The highest BCUT2D eigenvalue weighted by Crippen LogP contribution is 2.27. The first-order chi connectivity index (χ1) is 13.2. The Bertz CT molecular complexity index is 1060. The summed E-state index contributed by atoms with van der Waals surface area (Å²) in [5, 5.41) is 3.55. The zero-order chi connectivity index (χ0) is 18.6. The number of carbonyl (C=O) groups excluding carboxylic acids is 1. The first kappa shape index (κ1) is 17.6. The van der Waals surface area contributed by atoms with Crippen LogP contribution >= 0.6 is 23.4 Å². The van der Waals surface area contributed by atoms with Gasteiger partial charge in [0.2, 0.25) is 11.7 Å². The fourth-order valence-corrected chi connectivity index (χ4v) is 3.63. The van der Waals surface area contributed by atoms with Gasteiger partial charge >= 0.3 is 0 Å². The Labute approximate surface area is 165 Å². The summed E-state index contributed by atoms with van der Waals surface area (Å²) in [6.45, 7) is 0. The number of thioether (sulfide) groups is 1. The van der Waals surface area contributed by atoms with Gasteiger partial charge in [0.15, 0.2) is 0 Å². The molecule has 4 aromatic rings. The average Bonchev–Trinajstić information content (AvgIpc) is 3.12. The molecule has 2 aromatic heterocycles. The molecule has 134 valence electrons. The van der Waals surface area contributed by atoms with E-state index in [9.17, 15) is 4.79 Å². The number of carbonyl (C=O) groups is 1. The molecule has 0 aliphatic heterocycles. The highest BCUT2D eigenvalue weighted by Gasteiger charge is 2.08. The van der Waals surface area contributed by atoms with Crippen molar-refractivity contribution in [3.8, 4) is 11.3 Å². The van der Waals surface area contributed by atoms with Gasteiger partial charge in [0, 0.05) is 34.7 Å². The largest absolute Gasteiger partial charge is 0.325 e. The molecule has 7 heteroatoms. The molecule has 2 aromatic carbocycles. The first-order valence-corrected chi connectivity index (χ1v) is 9.63. The van der Waals surface area contributed by atoms with E-state index in [2.05, 4.69) is 15.3 Å². The Balaban J connectivity index is 1.40. The van der Waals surface area contributed by atoms with Crippen LogP contribution in [0.3, 0.4) is 0 Å². The molecular weight excluding hydrogens is 380 g/mol. The van der Waals surface area contributed by atoms with E-state index in [1.807, 2.05) is 71.4 Å². The smallest absolute Gasteiger partial charge is 0.234 e. The predicted octanol–water partition coefficient (Wildman–Crippen LogP) is 4.78. The quantitative estimate of drug-likeness (QED) is 0.495. The van der Waals surface area contributed by atoms with Crippen molar-refractivity contribution >= 4 is 40.7 Å². The molecule has 0 saturated heterocycles. The minimum atomic E-state index is -0.0791. The summed E-state index contributed by atoms with van der Waals surface area (Å²) < 4.78 is 1.87. The van der Waals surface area contributed by atoms with Crippen molar-refractivity contribution in [1.29, 1.82) is 0 Å². The number of aromatic nitrogens is 3. The number of fused-ring (bicyclic) bond motifs is 1. The molecule has 0 spiro atoms. The Morgan fingerprint density at radius 3 is 2.70 bits per heavy atom. The number of imidazole rings is 1. The Morgan fingerprint density at radius 1 is 1.11 bits per heavy atom. The van der Waals surface area contributed by atoms with Gasteiger partial charge in [-0.3, -0.25) is 9.20 Å². The molecular formula is C20H15ClN4OS. The zero-order valence-corrected chi connectivity index (χ0v) is 15.7. The first-order valence-electron chi connectivity index (χ1n) is 8.26. The molecule has 0 aliphatic carbocycles. The van der Waals surface area contributed by atoms with Crippen LogP contribution in [-0.2, 0) is 4.79 Å². The average molecular weight is 395 g/mol. The second-order valence-corrected chi connectivity index (χ2v) is 7.22. The van der Waals surface area contributed by atoms with Crippen LogP contribution in [0, 0.1) is 0 Å². The summed E-state index contributed by atoms with van der Waals surface area (Å²) in [4.78, 5) is 21.8. The van der Waals surface area contributed by atoms with E-state index >= 15 is 0 Å². The van der Waals surface area contributed by atoms with Crippen molar-refractivity contribution in [1.82, 2.24) is 14.4 Å². The fourth-order valence-electron chi connectivity index (χ4n) is 2.60. The van der Waals surface area contributed by atoms with E-state index < -0.39 is 0 Å². The molecule has 0 aliphatic rings. The number of nitrogens with one attached hydrogen (secondary N) is 1. The number of anilines is 1. The molecule has 0 bridgehead atoms. The monoisotopic (exact) mass is 394 g/mol. The maximum Gasteiger partial charge on any atom is 0.234 e. The summed E-state index contributed by atoms with van der Waals surface area (Å²) in [6.07, 6.45) is 5.55. The van der Waals surface area contributed by atoms with E-state index in [1.165, 1.54) is 11.8 Å². The molecule has 0 unspecified atom stereocenters. The molecule has 1 amide bonds. The standard InChI is InChI=1S/C20H15ClN4OS/c21-16-4-1-2-5-18(16)27-13-19(26)23-15-8-6-14(7-9-15)17-12-25-11-3-10-22-20(25)24-17/h1-12H,13H2,(H,23,26).